The highest BCUT2D eigenvalue weighted by molar-refractivity contribution is 5.97. The summed E-state index contributed by atoms with van der Waals surface area (Å²) in [4.78, 5) is 23.2. The molecule has 1 saturated heterocycles. The molecule has 8 heteroatoms. The number of aromatic nitrogens is 4. The van der Waals surface area contributed by atoms with E-state index in [0.717, 1.165) is 11.3 Å². The average Bonchev–Trinajstić information content (AvgIpc) is 3.10. The summed E-state index contributed by atoms with van der Waals surface area (Å²) >= 11 is 0. The first-order chi connectivity index (χ1) is 10.1. The van der Waals surface area contributed by atoms with Crippen molar-refractivity contribution in [1.29, 1.82) is 0 Å². The Bertz CT molecular complexity index is 682. The minimum Gasteiger partial charge on any atom is -0.355 e. The minimum atomic E-state index is -0.308. The fraction of sp³-hybridized carbons (Fsp3) is 0.308. The van der Waals surface area contributed by atoms with Gasteiger partial charge in [-0.05, 0) is 41.1 Å². The smallest absolute Gasteiger partial charge is 0.229 e. The SMILES string of the molecule is Cc1cc(NC(=O)C2CNC(=O)C2)ccc1-n1cnnn1. The van der Waals surface area contributed by atoms with Crippen molar-refractivity contribution >= 4 is 17.5 Å². The van der Waals surface area contributed by atoms with Crippen LogP contribution in [-0.2, 0) is 9.59 Å². The van der Waals surface area contributed by atoms with E-state index in [9.17, 15) is 9.59 Å². The van der Waals surface area contributed by atoms with Crippen LogP contribution in [0.5, 0.6) is 0 Å². The van der Waals surface area contributed by atoms with Gasteiger partial charge in [-0.25, -0.2) is 4.68 Å². The van der Waals surface area contributed by atoms with Crippen molar-refractivity contribution in [3.05, 3.63) is 30.1 Å². The molecule has 108 valence electrons. The number of aryl methyl sites for hydroxylation is 1. The second-order valence-electron chi connectivity index (χ2n) is 4.95. The van der Waals surface area contributed by atoms with E-state index in [2.05, 4.69) is 26.2 Å². The summed E-state index contributed by atoms with van der Waals surface area (Å²) in [5, 5.41) is 16.5. The van der Waals surface area contributed by atoms with Crippen LogP contribution in [0.1, 0.15) is 12.0 Å². The molecule has 8 nitrogen and oxygen atoms in total. The summed E-state index contributed by atoms with van der Waals surface area (Å²) in [5.74, 6) is -0.541. The van der Waals surface area contributed by atoms with Crippen LogP contribution in [0.4, 0.5) is 5.69 Å². The lowest BCUT2D eigenvalue weighted by molar-refractivity contribution is -0.123. The number of hydrogen-bond acceptors (Lipinski definition) is 5. The lowest BCUT2D eigenvalue weighted by atomic mass is 10.1. The van der Waals surface area contributed by atoms with Crippen LogP contribution in [-0.4, -0.2) is 38.6 Å². The molecule has 3 rings (SSSR count). The van der Waals surface area contributed by atoms with E-state index in [4.69, 9.17) is 0 Å². The lowest BCUT2D eigenvalue weighted by Gasteiger charge is -2.11. The monoisotopic (exact) mass is 286 g/mol. The Kier molecular flexibility index (Phi) is 3.35. The van der Waals surface area contributed by atoms with Crippen molar-refractivity contribution in [3.8, 4) is 5.69 Å². The number of rotatable bonds is 3. The summed E-state index contributed by atoms with van der Waals surface area (Å²) in [5.41, 5.74) is 2.46. The molecule has 2 heterocycles. The third-order valence-electron chi connectivity index (χ3n) is 3.41. The van der Waals surface area contributed by atoms with Crippen LogP contribution in [0.3, 0.4) is 0 Å². The first-order valence-electron chi connectivity index (χ1n) is 6.55. The Morgan fingerprint density at radius 2 is 2.33 bits per heavy atom. The molecule has 2 aromatic rings. The van der Waals surface area contributed by atoms with Crippen molar-refractivity contribution in [2.24, 2.45) is 5.92 Å². The summed E-state index contributed by atoms with van der Waals surface area (Å²) in [6.07, 6.45) is 1.75. The second kappa shape index (κ2) is 5.31. The average molecular weight is 286 g/mol. The molecule has 0 bridgehead atoms. The molecule has 1 aliphatic heterocycles. The first kappa shape index (κ1) is 13.2. The van der Waals surface area contributed by atoms with Crippen molar-refractivity contribution in [3.63, 3.8) is 0 Å². The highest BCUT2D eigenvalue weighted by Crippen LogP contribution is 2.19. The molecule has 1 unspecified atom stereocenters. The van der Waals surface area contributed by atoms with Gasteiger partial charge in [0.1, 0.15) is 6.33 Å². The van der Waals surface area contributed by atoms with Gasteiger partial charge in [-0.1, -0.05) is 0 Å². The van der Waals surface area contributed by atoms with Crippen LogP contribution in [0.2, 0.25) is 0 Å². The van der Waals surface area contributed by atoms with Gasteiger partial charge in [0.25, 0.3) is 0 Å². The maximum atomic E-state index is 12.0. The molecule has 0 radical (unpaired) electrons. The molecular weight excluding hydrogens is 272 g/mol. The van der Waals surface area contributed by atoms with Crippen LogP contribution in [0.25, 0.3) is 5.69 Å². The van der Waals surface area contributed by atoms with Crippen molar-refractivity contribution in [1.82, 2.24) is 25.5 Å². The number of nitrogens with zero attached hydrogens (tertiary/aromatic N) is 4. The third-order valence-corrected chi connectivity index (χ3v) is 3.41. The third kappa shape index (κ3) is 2.73. The summed E-state index contributed by atoms with van der Waals surface area (Å²) in [6.45, 7) is 2.31. The number of tetrazole rings is 1. The molecule has 2 amide bonds. The molecule has 0 spiro atoms. The van der Waals surface area contributed by atoms with Gasteiger partial charge in [0, 0.05) is 18.7 Å². The number of benzene rings is 1. The predicted molar refractivity (Wildman–Crippen MR) is 73.6 cm³/mol. The molecule has 0 aliphatic carbocycles. The largest absolute Gasteiger partial charge is 0.355 e. The Morgan fingerprint density at radius 3 is 2.95 bits per heavy atom. The Labute approximate surface area is 120 Å². The zero-order valence-electron chi connectivity index (χ0n) is 11.4. The molecule has 0 saturated carbocycles. The number of hydrogen-bond donors (Lipinski definition) is 2. The maximum Gasteiger partial charge on any atom is 0.229 e. The second-order valence-corrected chi connectivity index (χ2v) is 4.95. The van der Waals surface area contributed by atoms with Gasteiger partial charge in [0.15, 0.2) is 0 Å². The summed E-state index contributed by atoms with van der Waals surface area (Å²) < 4.78 is 1.56. The molecule has 1 aromatic carbocycles. The Morgan fingerprint density at radius 1 is 1.48 bits per heavy atom. The Hall–Kier alpha value is -2.77. The number of anilines is 1. The number of nitrogens with one attached hydrogen (secondary N) is 2. The zero-order valence-corrected chi connectivity index (χ0v) is 11.4. The molecule has 21 heavy (non-hydrogen) atoms. The highest BCUT2D eigenvalue weighted by Gasteiger charge is 2.27. The van der Waals surface area contributed by atoms with E-state index in [1.165, 1.54) is 6.33 Å². The number of carbonyl (C=O) groups is 2. The Balaban J connectivity index is 1.73. The van der Waals surface area contributed by atoms with Crippen LogP contribution < -0.4 is 10.6 Å². The molecule has 1 aromatic heterocycles. The quantitative estimate of drug-likeness (QED) is 0.829. The predicted octanol–water partition coefficient (Wildman–Crippen LogP) is 0.0453. The van der Waals surface area contributed by atoms with E-state index in [0.29, 0.717) is 12.2 Å². The van der Waals surface area contributed by atoms with E-state index in [1.807, 2.05) is 19.1 Å². The number of amides is 2. The van der Waals surface area contributed by atoms with Crippen LogP contribution >= 0.6 is 0 Å². The lowest BCUT2D eigenvalue weighted by Crippen LogP contribution is -2.24. The van der Waals surface area contributed by atoms with E-state index in [-0.39, 0.29) is 24.2 Å². The van der Waals surface area contributed by atoms with Crippen molar-refractivity contribution < 1.29 is 9.59 Å². The van der Waals surface area contributed by atoms with Crippen LogP contribution in [0, 0.1) is 12.8 Å². The van der Waals surface area contributed by atoms with Crippen LogP contribution in [0.15, 0.2) is 24.5 Å². The van der Waals surface area contributed by atoms with Gasteiger partial charge in [-0.15, -0.1) is 5.10 Å². The van der Waals surface area contributed by atoms with Gasteiger partial charge >= 0.3 is 0 Å². The van der Waals surface area contributed by atoms with Gasteiger partial charge in [0.2, 0.25) is 11.8 Å². The summed E-state index contributed by atoms with van der Waals surface area (Å²) in [6, 6.07) is 5.46. The standard InChI is InChI=1S/C13H14N6O2/c1-8-4-10(2-3-11(8)19-7-15-17-18-19)16-13(21)9-5-12(20)14-6-9/h2-4,7,9H,5-6H2,1H3,(H,14,20)(H,16,21). The topological polar surface area (TPSA) is 102 Å². The fourth-order valence-corrected chi connectivity index (χ4v) is 2.30. The molecule has 1 aliphatic rings. The van der Waals surface area contributed by atoms with E-state index in [1.54, 1.807) is 10.7 Å². The van der Waals surface area contributed by atoms with Crippen molar-refractivity contribution in [2.45, 2.75) is 13.3 Å². The molecule has 1 fully saturated rings. The van der Waals surface area contributed by atoms with E-state index >= 15 is 0 Å². The molecular formula is C13H14N6O2. The normalized spacial score (nSPS) is 17.6. The van der Waals surface area contributed by atoms with Gasteiger partial charge in [-0.3, -0.25) is 9.59 Å². The minimum absolute atomic E-state index is 0.0830. The van der Waals surface area contributed by atoms with E-state index < -0.39 is 0 Å². The summed E-state index contributed by atoms with van der Waals surface area (Å²) in [7, 11) is 0. The zero-order chi connectivity index (χ0) is 14.8. The number of carbonyl (C=O) groups excluding carboxylic acids is 2. The first-order valence-corrected chi connectivity index (χ1v) is 6.55. The fourth-order valence-electron chi connectivity index (χ4n) is 2.30. The van der Waals surface area contributed by atoms with Gasteiger partial charge in [0.05, 0.1) is 11.6 Å². The van der Waals surface area contributed by atoms with Gasteiger partial charge < -0.3 is 10.6 Å². The highest BCUT2D eigenvalue weighted by atomic mass is 16.2. The maximum absolute atomic E-state index is 12.0. The molecule has 2 N–H and O–H groups in total. The molecule has 1 atom stereocenters. The van der Waals surface area contributed by atoms with Crippen molar-refractivity contribution in [2.75, 3.05) is 11.9 Å². The van der Waals surface area contributed by atoms with Gasteiger partial charge in [-0.2, -0.15) is 0 Å².